The molecule has 7 nitrogen and oxygen atoms in total. The number of anilines is 1. The van der Waals surface area contributed by atoms with Crippen molar-refractivity contribution in [1.29, 1.82) is 0 Å². The third-order valence-corrected chi connectivity index (χ3v) is 4.98. The first-order chi connectivity index (χ1) is 10.5. The van der Waals surface area contributed by atoms with Crippen LogP contribution < -0.4 is 10.4 Å². The Morgan fingerprint density at radius 2 is 1.87 bits per heavy atom. The fraction of sp³-hybridized carbons (Fsp3) is 0.467. The number of carbonyl (C=O) groups is 2. The Kier molecular flexibility index (Phi) is 5.76. The number of amides is 1. The molecule has 1 aromatic rings. The van der Waals surface area contributed by atoms with Gasteiger partial charge in [0.05, 0.1) is 16.3 Å². The van der Waals surface area contributed by atoms with Crippen LogP contribution in [-0.4, -0.2) is 31.2 Å². The molecule has 0 aromatic heterocycles. The molecule has 128 valence electrons. The summed E-state index contributed by atoms with van der Waals surface area (Å²) in [7, 11) is -3.47. The van der Waals surface area contributed by atoms with E-state index < -0.39 is 27.1 Å². The molecule has 0 atom stereocenters. The van der Waals surface area contributed by atoms with Gasteiger partial charge in [-0.25, -0.2) is 8.42 Å². The monoisotopic (exact) mass is 342 g/mol. The molecule has 0 aliphatic rings. The Morgan fingerprint density at radius 3 is 2.39 bits per heavy atom. The summed E-state index contributed by atoms with van der Waals surface area (Å²) in [6, 6.07) is 3.62. The number of carboxylic acids is 1. The number of aromatic hydroxyl groups is 1. The van der Waals surface area contributed by atoms with Gasteiger partial charge in [0.2, 0.25) is 5.91 Å². The van der Waals surface area contributed by atoms with Gasteiger partial charge < -0.3 is 20.3 Å². The van der Waals surface area contributed by atoms with E-state index in [4.69, 9.17) is 0 Å². The maximum Gasteiger partial charge on any atom is 0.225 e. The molecule has 0 fully saturated rings. The van der Waals surface area contributed by atoms with Crippen LogP contribution in [0.2, 0.25) is 0 Å². The van der Waals surface area contributed by atoms with Crippen LogP contribution in [0.1, 0.15) is 33.6 Å². The summed E-state index contributed by atoms with van der Waals surface area (Å²) >= 11 is 0. The van der Waals surface area contributed by atoms with E-state index in [-0.39, 0.29) is 34.9 Å². The number of sulfone groups is 1. The Labute approximate surface area is 135 Å². The molecule has 1 rings (SSSR count). The summed E-state index contributed by atoms with van der Waals surface area (Å²) < 4.78 is 23.7. The van der Waals surface area contributed by atoms with Gasteiger partial charge in [0.1, 0.15) is 5.75 Å². The minimum Gasteiger partial charge on any atom is -0.550 e. The SMILES string of the molecule is CCS(=O)(=O)c1ccc(O)c(NC(=O)CC(C)(C)CC(=O)[O-])c1. The predicted octanol–water partition coefficient (Wildman–Crippen LogP) is 0.681. The third-order valence-electron chi connectivity index (χ3n) is 3.24. The van der Waals surface area contributed by atoms with Gasteiger partial charge in [-0.15, -0.1) is 0 Å². The fourth-order valence-electron chi connectivity index (χ4n) is 2.06. The van der Waals surface area contributed by atoms with Gasteiger partial charge in [-0.1, -0.05) is 20.8 Å². The second-order valence-electron chi connectivity index (χ2n) is 6.02. The molecular formula is C15H20NO6S-. The second kappa shape index (κ2) is 6.99. The number of carboxylic acid groups (broad SMARTS) is 1. The number of rotatable bonds is 7. The van der Waals surface area contributed by atoms with Crippen LogP contribution in [0.25, 0.3) is 0 Å². The number of aliphatic carboxylic acids is 1. The Bertz CT molecular complexity index is 709. The highest BCUT2D eigenvalue weighted by molar-refractivity contribution is 7.91. The number of hydrogen-bond acceptors (Lipinski definition) is 6. The van der Waals surface area contributed by atoms with Gasteiger partial charge in [0.25, 0.3) is 0 Å². The number of benzene rings is 1. The van der Waals surface area contributed by atoms with Crippen molar-refractivity contribution in [3.63, 3.8) is 0 Å². The van der Waals surface area contributed by atoms with Gasteiger partial charge in [-0.05, 0) is 30.0 Å². The van der Waals surface area contributed by atoms with Crippen molar-refractivity contribution in [3.8, 4) is 5.75 Å². The van der Waals surface area contributed by atoms with Crippen molar-refractivity contribution in [3.05, 3.63) is 18.2 Å². The zero-order valence-electron chi connectivity index (χ0n) is 13.3. The Balaban J connectivity index is 2.94. The number of phenolic OH excluding ortho intramolecular Hbond substituents is 1. The Hall–Kier alpha value is -2.09. The molecule has 0 aliphatic heterocycles. The minimum absolute atomic E-state index is 0.0119. The summed E-state index contributed by atoms with van der Waals surface area (Å²) in [5.41, 5.74) is -0.861. The number of nitrogens with one attached hydrogen (secondary N) is 1. The van der Waals surface area contributed by atoms with Crippen LogP contribution in [0, 0.1) is 5.41 Å². The van der Waals surface area contributed by atoms with Crippen LogP contribution in [0.5, 0.6) is 5.75 Å². The molecule has 0 spiro atoms. The van der Waals surface area contributed by atoms with Crippen LogP contribution in [-0.2, 0) is 19.4 Å². The highest BCUT2D eigenvalue weighted by Gasteiger charge is 2.23. The topological polar surface area (TPSA) is 124 Å². The summed E-state index contributed by atoms with van der Waals surface area (Å²) in [6.07, 6.45) is -0.415. The minimum atomic E-state index is -3.47. The lowest BCUT2D eigenvalue weighted by Gasteiger charge is -2.24. The predicted molar refractivity (Wildman–Crippen MR) is 82.5 cm³/mol. The summed E-state index contributed by atoms with van der Waals surface area (Å²) in [6.45, 7) is 4.68. The van der Waals surface area contributed by atoms with Crippen LogP contribution in [0.4, 0.5) is 5.69 Å². The lowest BCUT2D eigenvalue weighted by molar-refractivity contribution is -0.307. The number of hydrogen-bond donors (Lipinski definition) is 2. The second-order valence-corrected chi connectivity index (χ2v) is 8.30. The molecule has 8 heteroatoms. The molecule has 0 bridgehead atoms. The lowest BCUT2D eigenvalue weighted by atomic mass is 9.85. The van der Waals surface area contributed by atoms with Gasteiger partial charge >= 0.3 is 0 Å². The van der Waals surface area contributed by atoms with Gasteiger partial charge in [0.15, 0.2) is 9.84 Å². The van der Waals surface area contributed by atoms with Crippen molar-refractivity contribution in [2.45, 2.75) is 38.5 Å². The first kappa shape index (κ1) is 19.0. The van der Waals surface area contributed by atoms with Crippen LogP contribution in [0.3, 0.4) is 0 Å². The molecule has 0 radical (unpaired) electrons. The standard InChI is InChI=1S/C15H21NO6S/c1-4-23(21,22)10-5-6-12(17)11(7-10)16-13(18)8-15(2,3)9-14(19)20/h5-7,17H,4,8-9H2,1-3H3,(H,16,18)(H,19,20)/p-1. The van der Waals surface area contributed by atoms with Crippen LogP contribution >= 0.6 is 0 Å². The van der Waals surface area contributed by atoms with E-state index in [0.29, 0.717) is 0 Å². The maximum atomic E-state index is 12.0. The fourth-order valence-corrected chi connectivity index (χ4v) is 2.96. The largest absolute Gasteiger partial charge is 0.550 e. The Morgan fingerprint density at radius 1 is 1.26 bits per heavy atom. The summed E-state index contributed by atoms with van der Waals surface area (Å²) in [5.74, 6) is -2.17. The highest BCUT2D eigenvalue weighted by atomic mass is 32.2. The molecule has 0 unspecified atom stereocenters. The van der Waals surface area contributed by atoms with Crippen LogP contribution in [0.15, 0.2) is 23.1 Å². The maximum absolute atomic E-state index is 12.0. The quantitative estimate of drug-likeness (QED) is 0.702. The molecule has 0 heterocycles. The summed E-state index contributed by atoms with van der Waals surface area (Å²) in [5, 5.41) is 22.8. The normalized spacial score (nSPS) is 12.0. The highest BCUT2D eigenvalue weighted by Crippen LogP contribution is 2.29. The third kappa shape index (κ3) is 5.55. The van der Waals surface area contributed by atoms with Gasteiger partial charge in [-0.2, -0.15) is 0 Å². The average Bonchev–Trinajstić information content (AvgIpc) is 2.38. The van der Waals surface area contributed by atoms with Gasteiger partial charge in [0, 0.05) is 12.4 Å². The zero-order chi connectivity index (χ0) is 17.8. The van der Waals surface area contributed by atoms with E-state index in [1.807, 2.05) is 0 Å². The van der Waals surface area contributed by atoms with E-state index in [0.717, 1.165) is 0 Å². The molecule has 0 aliphatic carbocycles. The van der Waals surface area contributed by atoms with Crippen molar-refractivity contribution in [1.82, 2.24) is 0 Å². The van der Waals surface area contributed by atoms with Crippen molar-refractivity contribution >= 4 is 27.4 Å². The van der Waals surface area contributed by atoms with E-state index in [1.54, 1.807) is 13.8 Å². The van der Waals surface area contributed by atoms with E-state index in [9.17, 15) is 28.2 Å². The lowest BCUT2D eigenvalue weighted by Crippen LogP contribution is -2.31. The first-order valence-corrected chi connectivity index (χ1v) is 8.67. The van der Waals surface area contributed by atoms with Gasteiger partial charge in [-0.3, -0.25) is 4.79 Å². The van der Waals surface area contributed by atoms with Crippen molar-refractivity contribution in [2.75, 3.05) is 11.1 Å². The molecule has 2 N–H and O–H groups in total. The van der Waals surface area contributed by atoms with Crippen molar-refractivity contribution in [2.24, 2.45) is 5.41 Å². The summed E-state index contributed by atoms with van der Waals surface area (Å²) in [4.78, 5) is 22.6. The smallest absolute Gasteiger partial charge is 0.225 e. The molecular weight excluding hydrogens is 322 g/mol. The molecule has 1 amide bonds. The number of carbonyl (C=O) groups excluding carboxylic acids is 2. The van der Waals surface area contributed by atoms with Crippen molar-refractivity contribution < 1.29 is 28.2 Å². The molecule has 1 aromatic carbocycles. The average molecular weight is 342 g/mol. The van der Waals surface area contributed by atoms with E-state index >= 15 is 0 Å². The first-order valence-electron chi connectivity index (χ1n) is 7.02. The molecule has 0 saturated carbocycles. The zero-order valence-corrected chi connectivity index (χ0v) is 14.1. The van der Waals surface area contributed by atoms with E-state index in [1.165, 1.54) is 25.1 Å². The molecule has 0 saturated heterocycles. The molecule has 23 heavy (non-hydrogen) atoms. The van der Waals surface area contributed by atoms with E-state index in [2.05, 4.69) is 5.32 Å². The number of phenols is 1.